The number of aryl methyl sites for hydroxylation is 1. The topological polar surface area (TPSA) is 17.8 Å². The van der Waals surface area contributed by atoms with Gasteiger partial charge in [0.2, 0.25) is 0 Å². The molecule has 1 aromatic carbocycles. The zero-order chi connectivity index (χ0) is 11.0. The smallest absolute Gasteiger partial charge is 0.0706 e. The van der Waals surface area contributed by atoms with Gasteiger partial charge in [-0.1, -0.05) is 29.8 Å². The second-order valence-corrected chi connectivity index (χ2v) is 5.25. The summed E-state index contributed by atoms with van der Waals surface area (Å²) in [6.07, 6.45) is 1.04. The first-order valence-electron chi connectivity index (χ1n) is 5.19. The standard InChI is InChI=1S/C12H15BrN2/c1-8(2)6-11-10-7-9(13)4-5-12(10)15(3)14-11/h4-5,7-8H,6H2,1-3H3. The Morgan fingerprint density at radius 2 is 2.13 bits per heavy atom. The minimum atomic E-state index is 0.641. The first-order chi connectivity index (χ1) is 7.08. The lowest BCUT2D eigenvalue weighted by Gasteiger charge is -2.00. The molecule has 2 nitrogen and oxygen atoms in total. The summed E-state index contributed by atoms with van der Waals surface area (Å²) in [4.78, 5) is 0. The predicted molar refractivity (Wildman–Crippen MR) is 67.0 cm³/mol. The van der Waals surface area contributed by atoms with Crippen molar-refractivity contribution in [2.24, 2.45) is 13.0 Å². The van der Waals surface area contributed by atoms with Gasteiger partial charge in [-0.05, 0) is 30.5 Å². The third-order valence-electron chi connectivity index (χ3n) is 2.49. The highest BCUT2D eigenvalue weighted by molar-refractivity contribution is 9.10. The van der Waals surface area contributed by atoms with E-state index in [9.17, 15) is 0 Å². The van der Waals surface area contributed by atoms with Crippen LogP contribution in [0.3, 0.4) is 0 Å². The molecule has 1 aromatic heterocycles. The van der Waals surface area contributed by atoms with Gasteiger partial charge in [-0.3, -0.25) is 4.68 Å². The molecule has 0 unspecified atom stereocenters. The maximum atomic E-state index is 4.57. The highest BCUT2D eigenvalue weighted by atomic mass is 79.9. The number of halogens is 1. The summed E-state index contributed by atoms with van der Waals surface area (Å²) in [5, 5.41) is 5.83. The molecule has 0 radical (unpaired) electrons. The van der Waals surface area contributed by atoms with Crippen molar-refractivity contribution < 1.29 is 0 Å². The Morgan fingerprint density at radius 1 is 1.40 bits per heavy atom. The Hall–Kier alpha value is -0.830. The quantitative estimate of drug-likeness (QED) is 0.813. The van der Waals surface area contributed by atoms with Gasteiger partial charge >= 0.3 is 0 Å². The monoisotopic (exact) mass is 266 g/mol. The normalized spacial score (nSPS) is 11.5. The largest absolute Gasteiger partial charge is 0.268 e. The van der Waals surface area contributed by atoms with E-state index < -0.39 is 0 Å². The molecule has 15 heavy (non-hydrogen) atoms. The number of benzene rings is 1. The summed E-state index contributed by atoms with van der Waals surface area (Å²) in [5.41, 5.74) is 2.40. The maximum absolute atomic E-state index is 4.57. The number of hydrogen-bond acceptors (Lipinski definition) is 1. The second kappa shape index (κ2) is 3.97. The molecule has 2 rings (SSSR count). The fourth-order valence-electron chi connectivity index (χ4n) is 1.85. The summed E-state index contributed by atoms with van der Waals surface area (Å²) < 4.78 is 3.08. The van der Waals surface area contributed by atoms with E-state index in [1.54, 1.807) is 0 Å². The zero-order valence-electron chi connectivity index (χ0n) is 9.29. The number of fused-ring (bicyclic) bond motifs is 1. The molecular formula is C12H15BrN2. The molecule has 0 spiro atoms. The van der Waals surface area contributed by atoms with Crippen LogP contribution >= 0.6 is 15.9 Å². The van der Waals surface area contributed by atoms with Gasteiger partial charge in [0.25, 0.3) is 0 Å². The van der Waals surface area contributed by atoms with E-state index in [0.717, 1.165) is 10.9 Å². The van der Waals surface area contributed by atoms with Crippen LogP contribution in [-0.4, -0.2) is 9.78 Å². The van der Waals surface area contributed by atoms with Gasteiger partial charge in [-0.25, -0.2) is 0 Å². The number of hydrogen-bond donors (Lipinski definition) is 0. The van der Waals surface area contributed by atoms with Crippen molar-refractivity contribution in [2.75, 3.05) is 0 Å². The maximum Gasteiger partial charge on any atom is 0.0706 e. The van der Waals surface area contributed by atoms with Crippen LogP contribution in [0.2, 0.25) is 0 Å². The minimum absolute atomic E-state index is 0.641. The fourth-order valence-corrected chi connectivity index (χ4v) is 2.21. The van der Waals surface area contributed by atoms with E-state index >= 15 is 0 Å². The molecule has 0 bridgehead atoms. The highest BCUT2D eigenvalue weighted by Gasteiger charge is 2.09. The predicted octanol–water partition coefficient (Wildman–Crippen LogP) is 3.53. The van der Waals surface area contributed by atoms with E-state index in [1.165, 1.54) is 16.6 Å². The Morgan fingerprint density at radius 3 is 2.80 bits per heavy atom. The zero-order valence-corrected chi connectivity index (χ0v) is 10.9. The van der Waals surface area contributed by atoms with Crippen molar-refractivity contribution in [2.45, 2.75) is 20.3 Å². The molecule has 0 amide bonds. The highest BCUT2D eigenvalue weighted by Crippen LogP contribution is 2.24. The van der Waals surface area contributed by atoms with Crippen molar-refractivity contribution in [3.8, 4) is 0 Å². The van der Waals surface area contributed by atoms with Gasteiger partial charge in [0.15, 0.2) is 0 Å². The molecule has 0 aliphatic carbocycles. The first-order valence-corrected chi connectivity index (χ1v) is 5.98. The van der Waals surface area contributed by atoms with E-state index in [2.05, 4.69) is 53.1 Å². The average Bonchev–Trinajstić information content (AvgIpc) is 2.42. The van der Waals surface area contributed by atoms with Crippen LogP contribution < -0.4 is 0 Å². The molecule has 0 saturated carbocycles. The summed E-state index contributed by atoms with van der Waals surface area (Å²) in [6.45, 7) is 4.44. The Balaban J connectivity index is 2.59. The second-order valence-electron chi connectivity index (χ2n) is 4.33. The van der Waals surface area contributed by atoms with Crippen LogP contribution in [0.15, 0.2) is 22.7 Å². The summed E-state index contributed by atoms with van der Waals surface area (Å²) in [5.74, 6) is 0.641. The Kier molecular flexibility index (Phi) is 2.83. The van der Waals surface area contributed by atoms with E-state index in [-0.39, 0.29) is 0 Å². The molecule has 0 aliphatic rings. The molecule has 2 aromatic rings. The molecule has 0 saturated heterocycles. The molecule has 0 aliphatic heterocycles. The van der Waals surface area contributed by atoms with Crippen molar-refractivity contribution in [1.82, 2.24) is 9.78 Å². The van der Waals surface area contributed by atoms with Gasteiger partial charge in [0, 0.05) is 16.9 Å². The van der Waals surface area contributed by atoms with Crippen molar-refractivity contribution in [1.29, 1.82) is 0 Å². The van der Waals surface area contributed by atoms with E-state index in [1.807, 2.05) is 11.7 Å². The molecule has 0 N–H and O–H groups in total. The minimum Gasteiger partial charge on any atom is -0.268 e. The third kappa shape index (κ3) is 2.07. The van der Waals surface area contributed by atoms with Crippen molar-refractivity contribution in [3.05, 3.63) is 28.4 Å². The van der Waals surface area contributed by atoms with Crippen LogP contribution in [0.5, 0.6) is 0 Å². The summed E-state index contributed by atoms with van der Waals surface area (Å²) >= 11 is 3.51. The number of nitrogens with zero attached hydrogens (tertiary/aromatic N) is 2. The first kappa shape index (κ1) is 10.7. The lowest BCUT2D eigenvalue weighted by atomic mass is 10.1. The molecule has 3 heteroatoms. The summed E-state index contributed by atoms with van der Waals surface area (Å²) in [7, 11) is 2.00. The van der Waals surface area contributed by atoms with Gasteiger partial charge in [0.1, 0.15) is 0 Å². The van der Waals surface area contributed by atoms with Gasteiger partial charge in [-0.2, -0.15) is 5.10 Å². The number of aromatic nitrogens is 2. The SMILES string of the molecule is CC(C)Cc1nn(C)c2ccc(Br)cc12. The van der Waals surface area contributed by atoms with Crippen molar-refractivity contribution >= 4 is 26.8 Å². The van der Waals surface area contributed by atoms with Crippen LogP contribution in [-0.2, 0) is 13.5 Å². The molecule has 0 atom stereocenters. The van der Waals surface area contributed by atoms with Gasteiger partial charge in [0.05, 0.1) is 11.2 Å². The van der Waals surface area contributed by atoms with Crippen LogP contribution in [0.25, 0.3) is 10.9 Å². The number of rotatable bonds is 2. The third-order valence-corrected chi connectivity index (χ3v) is 2.98. The lowest BCUT2D eigenvalue weighted by molar-refractivity contribution is 0.624. The Bertz CT molecular complexity index is 486. The van der Waals surface area contributed by atoms with Gasteiger partial charge in [-0.15, -0.1) is 0 Å². The molecule has 1 heterocycles. The molecule has 0 fully saturated rings. The summed E-state index contributed by atoms with van der Waals surface area (Å²) in [6, 6.07) is 6.32. The average molecular weight is 267 g/mol. The van der Waals surface area contributed by atoms with Crippen molar-refractivity contribution in [3.63, 3.8) is 0 Å². The van der Waals surface area contributed by atoms with E-state index in [4.69, 9.17) is 0 Å². The Labute approximate surface area is 98.4 Å². The van der Waals surface area contributed by atoms with E-state index in [0.29, 0.717) is 5.92 Å². The van der Waals surface area contributed by atoms with Crippen LogP contribution in [0, 0.1) is 5.92 Å². The lowest BCUT2D eigenvalue weighted by Crippen LogP contribution is -1.96. The fraction of sp³-hybridized carbons (Fsp3) is 0.417. The van der Waals surface area contributed by atoms with Crippen LogP contribution in [0.4, 0.5) is 0 Å². The van der Waals surface area contributed by atoms with Crippen LogP contribution in [0.1, 0.15) is 19.5 Å². The van der Waals surface area contributed by atoms with Gasteiger partial charge < -0.3 is 0 Å². The molecular weight excluding hydrogens is 252 g/mol. The molecule has 80 valence electrons.